The number of aryl methyl sites for hydroxylation is 1. The van der Waals surface area contributed by atoms with Gasteiger partial charge >= 0.3 is 12.1 Å². The lowest BCUT2D eigenvalue weighted by molar-refractivity contribution is -0.149. The summed E-state index contributed by atoms with van der Waals surface area (Å²) in [7, 11) is 4.72. The van der Waals surface area contributed by atoms with Crippen molar-refractivity contribution in [3.63, 3.8) is 0 Å². The first kappa shape index (κ1) is 23.2. The quantitative estimate of drug-likeness (QED) is 0.414. The van der Waals surface area contributed by atoms with Crippen LogP contribution in [0.3, 0.4) is 0 Å². The van der Waals surface area contributed by atoms with Crippen LogP contribution in [0, 0.1) is 12.8 Å². The van der Waals surface area contributed by atoms with Gasteiger partial charge in [0.2, 0.25) is 0 Å². The molecule has 0 aromatic carbocycles. The fourth-order valence-corrected chi connectivity index (χ4v) is 2.83. The molecule has 1 aliphatic heterocycles. The minimum Gasteiger partial charge on any atom is -0.486 e. The van der Waals surface area contributed by atoms with Gasteiger partial charge in [-0.15, -0.1) is 0 Å². The van der Waals surface area contributed by atoms with Crippen molar-refractivity contribution in [3.8, 4) is 5.75 Å². The maximum atomic E-state index is 11.7. The second-order valence-corrected chi connectivity index (χ2v) is 7.25. The van der Waals surface area contributed by atoms with Crippen LogP contribution >= 0.6 is 0 Å². The number of carbonyl (C=O) groups is 2. The largest absolute Gasteiger partial charge is 0.486 e. The number of pyridine rings is 1. The zero-order valence-corrected chi connectivity index (χ0v) is 17.6. The predicted molar refractivity (Wildman–Crippen MR) is 108 cm³/mol. The van der Waals surface area contributed by atoms with E-state index in [0.717, 1.165) is 0 Å². The molecule has 2 rings (SSSR count). The second-order valence-electron chi connectivity index (χ2n) is 7.25. The lowest BCUT2D eigenvalue weighted by Crippen LogP contribution is -2.37. The first-order valence-electron chi connectivity index (χ1n) is 9.36. The fraction of sp³-hybridized carbons (Fsp3) is 0.526. The number of rotatable bonds is 7. The summed E-state index contributed by atoms with van der Waals surface area (Å²) in [5.74, 6) is 4.85. The molecule has 1 aromatic rings. The van der Waals surface area contributed by atoms with Gasteiger partial charge in [0.05, 0.1) is 41.9 Å². The van der Waals surface area contributed by atoms with E-state index in [1.807, 2.05) is 0 Å². The second kappa shape index (κ2) is 10.1. The van der Waals surface area contributed by atoms with Gasteiger partial charge in [-0.25, -0.2) is 15.6 Å². The van der Waals surface area contributed by atoms with E-state index >= 15 is 0 Å². The van der Waals surface area contributed by atoms with Gasteiger partial charge in [-0.2, -0.15) is 0 Å². The molecule has 2 heterocycles. The van der Waals surface area contributed by atoms with Crippen LogP contribution in [0.2, 0.25) is 0 Å². The average Bonchev–Trinajstić information content (AvgIpc) is 2.69. The van der Waals surface area contributed by atoms with Crippen LogP contribution in [0.4, 0.5) is 4.79 Å². The van der Waals surface area contributed by atoms with Crippen LogP contribution in [-0.4, -0.2) is 79.1 Å². The van der Waals surface area contributed by atoms with Crippen molar-refractivity contribution in [2.45, 2.75) is 19.4 Å². The number of amides is 1. The first-order chi connectivity index (χ1) is 14.1. The molecule has 11 heteroatoms. The van der Waals surface area contributed by atoms with Crippen LogP contribution in [0.15, 0.2) is 17.8 Å². The minimum atomic E-state index is -0.903. The Morgan fingerprint density at radius 3 is 2.57 bits per heavy atom. The summed E-state index contributed by atoms with van der Waals surface area (Å²) in [6.07, 6.45) is -0.544. The Morgan fingerprint density at radius 2 is 2.00 bits per heavy atom. The summed E-state index contributed by atoms with van der Waals surface area (Å²) in [4.78, 5) is 28.6. The van der Waals surface area contributed by atoms with E-state index in [4.69, 9.17) is 30.9 Å². The number of hydrogen-bond donors (Lipinski definition) is 3. The molecule has 30 heavy (non-hydrogen) atoms. The van der Waals surface area contributed by atoms with Crippen LogP contribution in [-0.2, 0) is 14.3 Å². The van der Waals surface area contributed by atoms with Crippen molar-refractivity contribution in [1.29, 1.82) is 0 Å². The maximum Gasteiger partial charge on any atom is 0.409 e. The van der Waals surface area contributed by atoms with Crippen molar-refractivity contribution < 1.29 is 28.9 Å². The normalized spacial score (nSPS) is 19.5. The highest BCUT2D eigenvalue weighted by molar-refractivity contribution is 5.70. The summed E-state index contributed by atoms with van der Waals surface area (Å²) < 4.78 is 16.4. The van der Waals surface area contributed by atoms with Crippen molar-refractivity contribution in [1.82, 2.24) is 14.9 Å². The molecule has 2 atom stereocenters. The number of carboxylic acid groups (broad SMARTS) is 1. The molecule has 0 saturated carbocycles. The topological polar surface area (TPSA) is 153 Å². The van der Waals surface area contributed by atoms with Gasteiger partial charge in [-0.1, -0.05) is 0 Å². The van der Waals surface area contributed by atoms with E-state index in [9.17, 15) is 9.59 Å². The predicted octanol–water partition coefficient (Wildman–Crippen LogP) is 0.390. The highest BCUT2D eigenvalue weighted by atomic mass is 16.6. The molecule has 1 amide bonds. The number of aromatic nitrogens is 1. The Labute approximate surface area is 175 Å². The van der Waals surface area contributed by atoms with Crippen LogP contribution in [0.25, 0.3) is 5.70 Å². The summed E-state index contributed by atoms with van der Waals surface area (Å²) in [6.45, 7) is 2.13. The van der Waals surface area contributed by atoms with Crippen molar-refractivity contribution >= 4 is 17.8 Å². The van der Waals surface area contributed by atoms with Gasteiger partial charge in [0, 0.05) is 27.6 Å². The van der Waals surface area contributed by atoms with E-state index in [-0.39, 0.29) is 25.0 Å². The molecule has 2 unspecified atom stereocenters. The molecule has 1 aromatic heterocycles. The number of nitrogens with zero attached hydrogens (tertiary/aromatic N) is 3. The SMILES string of the molecule is Cc1nc(/C(N)=C(\COC(=O)N(C)C)N(C)N)ccc1OC1COCC(C(=O)O)C1. The third-order valence-electron chi connectivity index (χ3n) is 4.56. The number of aliphatic carboxylic acids is 1. The molecule has 1 aliphatic rings. The lowest BCUT2D eigenvalue weighted by atomic mass is 10.0. The summed E-state index contributed by atoms with van der Waals surface area (Å²) in [6, 6.07) is 3.36. The number of carboxylic acids is 1. The number of nitrogens with two attached hydrogens (primary N) is 2. The first-order valence-corrected chi connectivity index (χ1v) is 9.36. The van der Waals surface area contributed by atoms with Crippen molar-refractivity contribution in [3.05, 3.63) is 29.2 Å². The Hall–Kier alpha value is -3.05. The Kier molecular flexibility index (Phi) is 7.84. The third kappa shape index (κ3) is 5.97. The molecular formula is C19H29N5O6. The standard InChI is InChI=1S/C19H29N5O6/c1-11-16(30-13-7-12(18(25)26)8-28-9-13)6-5-14(22-11)17(20)15(24(4)21)10-29-19(27)23(2)3/h5-6,12-13H,7-10,20-21H2,1-4H3,(H,25,26)/b17-15-. The zero-order chi connectivity index (χ0) is 22.4. The van der Waals surface area contributed by atoms with Gasteiger partial charge < -0.3 is 35.0 Å². The molecule has 1 saturated heterocycles. The number of likely N-dealkylation sites (N-methyl/N-ethyl adjacent to an activating group) is 1. The molecule has 0 bridgehead atoms. The highest BCUT2D eigenvalue weighted by Crippen LogP contribution is 2.25. The lowest BCUT2D eigenvalue weighted by Gasteiger charge is -2.28. The average molecular weight is 423 g/mol. The number of hydrogen-bond acceptors (Lipinski definition) is 9. The number of carbonyl (C=O) groups excluding carboxylic acids is 1. The molecule has 1 fully saturated rings. The van der Waals surface area contributed by atoms with Crippen molar-refractivity contribution in [2.24, 2.45) is 17.5 Å². The minimum absolute atomic E-state index is 0.120. The molecule has 5 N–H and O–H groups in total. The number of ether oxygens (including phenoxy) is 3. The Morgan fingerprint density at radius 1 is 1.30 bits per heavy atom. The van der Waals surface area contributed by atoms with Gasteiger partial charge in [0.15, 0.2) is 0 Å². The monoisotopic (exact) mass is 423 g/mol. The number of hydrazine groups is 1. The highest BCUT2D eigenvalue weighted by Gasteiger charge is 2.29. The van der Waals surface area contributed by atoms with Gasteiger partial charge in [-0.05, 0) is 19.1 Å². The molecule has 0 spiro atoms. The summed E-state index contributed by atoms with van der Waals surface area (Å²) in [5.41, 5.74) is 7.87. The third-order valence-corrected chi connectivity index (χ3v) is 4.56. The smallest absolute Gasteiger partial charge is 0.409 e. The van der Waals surface area contributed by atoms with E-state index in [1.54, 1.807) is 40.2 Å². The van der Waals surface area contributed by atoms with E-state index < -0.39 is 18.0 Å². The summed E-state index contributed by atoms with van der Waals surface area (Å²) in [5, 5.41) is 10.4. The van der Waals surface area contributed by atoms with Crippen LogP contribution < -0.4 is 16.3 Å². The van der Waals surface area contributed by atoms with Crippen LogP contribution in [0.5, 0.6) is 5.75 Å². The molecule has 166 valence electrons. The fourth-order valence-electron chi connectivity index (χ4n) is 2.83. The van der Waals surface area contributed by atoms with E-state index in [2.05, 4.69) is 4.98 Å². The van der Waals surface area contributed by atoms with E-state index in [1.165, 1.54) is 9.91 Å². The molecule has 11 nitrogen and oxygen atoms in total. The summed E-state index contributed by atoms with van der Waals surface area (Å²) >= 11 is 0. The molecular weight excluding hydrogens is 394 g/mol. The Balaban J connectivity index is 2.16. The van der Waals surface area contributed by atoms with Gasteiger partial charge in [0.25, 0.3) is 0 Å². The van der Waals surface area contributed by atoms with Gasteiger partial charge in [0.1, 0.15) is 18.5 Å². The van der Waals surface area contributed by atoms with Gasteiger partial charge in [-0.3, -0.25) is 4.79 Å². The van der Waals surface area contributed by atoms with Crippen LogP contribution in [0.1, 0.15) is 17.8 Å². The van der Waals surface area contributed by atoms with E-state index in [0.29, 0.717) is 35.9 Å². The van der Waals surface area contributed by atoms with Crippen molar-refractivity contribution in [2.75, 3.05) is 41.0 Å². The maximum absolute atomic E-state index is 11.7. The molecule has 0 aliphatic carbocycles. The molecule has 0 radical (unpaired) electrons. The zero-order valence-electron chi connectivity index (χ0n) is 17.6. The Bertz CT molecular complexity index is 811.